The van der Waals surface area contributed by atoms with Gasteiger partial charge in [-0.3, -0.25) is 0 Å². The molecule has 20 heavy (non-hydrogen) atoms. The Morgan fingerprint density at radius 1 is 1.50 bits per heavy atom. The van der Waals surface area contributed by atoms with Gasteiger partial charge in [-0.25, -0.2) is 13.1 Å². The molecule has 2 N–H and O–H groups in total. The fourth-order valence-corrected chi connectivity index (χ4v) is 2.79. The van der Waals surface area contributed by atoms with Crippen molar-refractivity contribution in [3.8, 4) is 0 Å². The van der Waals surface area contributed by atoms with E-state index in [0.717, 1.165) is 6.39 Å². The van der Waals surface area contributed by atoms with Gasteiger partial charge < -0.3 is 14.2 Å². The molecule has 0 radical (unpaired) electrons. The maximum atomic E-state index is 12.1. The van der Waals surface area contributed by atoms with Gasteiger partial charge in [0.05, 0.1) is 18.0 Å². The SMILES string of the molecule is CC(C)n1cc(S(=O)(=O)NCc2ncon2)cc1CO. The summed E-state index contributed by atoms with van der Waals surface area (Å²) >= 11 is 0. The van der Waals surface area contributed by atoms with Crippen LogP contribution in [-0.4, -0.2) is 28.2 Å². The maximum absolute atomic E-state index is 12.1. The van der Waals surface area contributed by atoms with E-state index in [0.29, 0.717) is 5.69 Å². The second-order valence-corrected chi connectivity index (χ2v) is 6.27. The van der Waals surface area contributed by atoms with Crippen LogP contribution < -0.4 is 4.72 Å². The lowest BCUT2D eigenvalue weighted by Gasteiger charge is -2.10. The average Bonchev–Trinajstić information content (AvgIpc) is 3.05. The molecule has 0 spiro atoms. The van der Waals surface area contributed by atoms with Crippen LogP contribution in [0.15, 0.2) is 28.1 Å². The molecule has 0 saturated heterocycles. The van der Waals surface area contributed by atoms with Crippen molar-refractivity contribution >= 4 is 10.0 Å². The predicted octanol–water partition coefficient (Wildman–Crippen LogP) is 0.423. The molecule has 0 atom stereocenters. The van der Waals surface area contributed by atoms with Crippen molar-refractivity contribution in [3.05, 3.63) is 30.2 Å². The number of hydrogen-bond acceptors (Lipinski definition) is 6. The van der Waals surface area contributed by atoms with Gasteiger partial charge in [0.15, 0.2) is 5.82 Å². The Balaban J connectivity index is 2.21. The normalized spacial score (nSPS) is 12.2. The van der Waals surface area contributed by atoms with Gasteiger partial charge in [0.1, 0.15) is 0 Å². The highest BCUT2D eigenvalue weighted by Crippen LogP contribution is 2.19. The molecule has 0 bridgehead atoms. The minimum atomic E-state index is -3.69. The lowest BCUT2D eigenvalue weighted by atomic mass is 10.3. The molecule has 2 rings (SSSR count). The highest BCUT2D eigenvalue weighted by Gasteiger charge is 2.19. The number of aliphatic hydroxyl groups is 1. The lowest BCUT2D eigenvalue weighted by molar-refractivity contribution is 0.268. The van der Waals surface area contributed by atoms with E-state index in [-0.39, 0.29) is 29.9 Å². The topological polar surface area (TPSA) is 110 Å². The van der Waals surface area contributed by atoms with E-state index in [9.17, 15) is 13.5 Å². The quantitative estimate of drug-likeness (QED) is 0.800. The fourth-order valence-electron chi connectivity index (χ4n) is 1.76. The first-order valence-electron chi connectivity index (χ1n) is 6.00. The third-order valence-electron chi connectivity index (χ3n) is 2.76. The first-order valence-corrected chi connectivity index (χ1v) is 7.49. The molecule has 0 fully saturated rings. The average molecular weight is 300 g/mol. The molecular formula is C11H16N4O4S. The van der Waals surface area contributed by atoms with Crippen LogP contribution in [0.25, 0.3) is 0 Å². The van der Waals surface area contributed by atoms with E-state index in [1.54, 1.807) is 4.57 Å². The number of aromatic nitrogens is 3. The second kappa shape index (κ2) is 5.73. The molecule has 0 aliphatic heterocycles. The van der Waals surface area contributed by atoms with Crippen LogP contribution in [0.4, 0.5) is 0 Å². The summed E-state index contributed by atoms with van der Waals surface area (Å²) in [5, 5.41) is 12.8. The van der Waals surface area contributed by atoms with Gasteiger partial charge in [0.25, 0.3) is 0 Å². The summed E-state index contributed by atoms with van der Waals surface area (Å²) in [6, 6.07) is 1.50. The zero-order valence-corrected chi connectivity index (χ0v) is 12.0. The Kier molecular flexibility index (Phi) is 4.21. The van der Waals surface area contributed by atoms with Crippen LogP contribution in [-0.2, 0) is 23.2 Å². The van der Waals surface area contributed by atoms with Gasteiger partial charge in [-0.15, -0.1) is 0 Å². The van der Waals surface area contributed by atoms with Crippen molar-refractivity contribution in [1.29, 1.82) is 0 Å². The van der Waals surface area contributed by atoms with Gasteiger partial charge >= 0.3 is 0 Å². The number of aliphatic hydroxyl groups excluding tert-OH is 1. The van der Waals surface area contributed by atoms with E-state index >= 15 is 0 Å². The molecule has 0 amide bonds. The van der Waals surface area contributed by atoms with Gasteiger partial charge in [0, 0.05) is 17.9 Å². The number of hydrogen-bond donors (Lipinski definition) is 2. The van der Waals surface area contributed by atoms with Crippen LogP contribution in [0.3, 0.4) is 0 Å². The standard InChI is InChI=1S/C11H16N4O4S/c1-8(2)15-5-10(3-9(15)6-16)20(17,18)13-4-11-12-7-19-14-11/h3,5,7-8,13,16H,4,6H2,1-2H3. The molecule has 2 heterocycles. The minimum Gasteiger partial charge on any atom is -0.390 e. The number of nitrogens with zero attached hydrogens (tertiary/aromatic N) is 3. The molecule has 9 heteroatoms. The van der Waals surface area contributed by atoms with E-state index in [1.807, 2.05) is 13.8 Å². The van der Waals surface area contributed by atoms with Crippen LogP contribution in [0.1, 0.15) is 31.4 Å². The number of rotatable bonds is 6. The van der Waals surface area contributed by atoms with E-state index in [4.69, 9.17) is 0 Å². The summed E-state index contributed by atoms with van der Waals surface area (Å²) in [6.07, 6.45) is 2.62. The molecular weight excluding hydrogens is 284 g/mol. The molecule has 0 aromatic carbocycles. The van der Waals surface area contributed by atoms with Gasteiger partial charge in [-0.1, -0.05) is 5.16 Å². The molecule has 2 aromatic heterocycles. The van der Waals surface area contributed by atoms with Crippen molar-refractivity contribution in [1.82, 2.24) is 19.4 Å². The Hall–Kier alpha value is -1.71. The minimum absolute atomic E-state index is 0.0540. The van der Waals surface area contributed by atoms with Crippen molar-refractivity contribution in [2.45, 2.75) is 37.9 Å². The Morgan fingerprint density at radius 3 is 2.75 bits per heavy atom. The first-order chi connectivity index (χ1) is 9.44. The fraction of sp³-hybridized carbons (Fsp3) is 0.455. The van der Waals surface area contributed by atoms with Crippen molar-refractivity contribution in [3.63, 3.8) is 0 Å². The number of nitrogens with one attached hydrogen (secondary N) is 1. The summed E-state index contributed by atoms with van der Waals surface area (Å²) in [6.45, 7) is 3.53. The lowest BCUT2D eigenvalue weighted by Crippen LogP contribution is -2.23. The van der Waals surface area contributed by atoms with E-state index in [1.165, 1.54) is 12.3 Å². The van der Waals surface area contributed by atoms with Crippen LogP contribution >= 0.6 is 0 Å². The van der Waals surface area contributed by atoms with Gasteiger partial charge in [-0.2, -0.15) is 4.98 Å². The molecule has 110 valence electrons. The van der Waals surface area contributed by atoms with Crippen molar-refractivity contribution < 1.29 is 18.0 Å². The molecule has 0 saturated carbocycles. The highest BCUT2D eigenvalue weighted by molar-refractivity contribution is 7.89. The maximum Gasteiger partial charge on any atom is 0.242 e. The molecule has 2 aromatic rings. The summed E-state index contributed by atoms with van der Waals surface area (Å²) in [5.74, 6) is 0.249. The smallest absolute Gasteiger partial charge is 0.242 e. The molecule has 0 unspecified atom stereocenters. The van der Waals surface area contributed by atoms with Gasteiger partial charge in [0.2, 0.25) is 16.4 Å². The van der Waals surface area contributed by atoms with Crippen molar-refractivity contribution in [2.24, 2.45) is 0 Å². The Bertz CT molecular complexity index is 661. The summed E-state index contributed by atoms with van der Waals surface area (Å²) < 4.78 is 32.9. The Labute approximate surface area is 116 Å². The van der Waals surface area contributed by atoms with Gasteiger partial charge in [-0.05, 0) is 19.9 Å². The third kappa shape index (κ3) is 3.06. The molecule has 0 aliphatic rings. The van der Waals surface area contributed by atoms with Crippen LogP contribution in [0, 0.1) is 0 Å². The predicted molar refractivity (Wildman–Crippen MR) is 69.1 cm³/mol. The molecule has 8 nitrogen and oxygen atoms in total. The monoisotopic (exact) mass is 300 g/mol. The summed E-state index contributed by atoms with van der Waals surface area (Å²) in [7, 11) is -3.69. The summed E-state index contributed by atoms with van der Waals surface area (Å²) in [5.41, 5.74) is 0.542. The van der Waals surface area contributed by atoms with Crippen LogP contribution in [0.2, 0.25) is 0 Å². The summed E-state index contributed by atoms with van der Waals surface area (Å²) in [4.78, 5) is 3.83. The first kappa shape index (κ1) is 14.7. The Morgan fingerprint density at radius 2 is 2.25 bits per heavy atom. The van der Waals surface area contributed by atoms with Crippen LogP contribution in [0.5, 0.6) is 0 Å². The van der Waals surface area contributed by atoms with E-state index < -0.39 is 10.0 Å². The largest absolute Gasteiger partial charge is 0.390 e. The number of sulfonamides is 1. The zero-order valence-electron chi connectivity index (χ0n) is 11.1. The second-order valence-electron chi connectivity index (χ2n) is 4.50. The highest BCUT2D eigenvalue weighted by atomic mass is 32.2. The molecule has 0 aliphatic carbocycles. The van der Waals surface area contributed by atoms with E-state index in [2.05, 4.69) is 19.4 Å². The van der Waals surface area contributed by atoms with Crippen molar-refractivity contribution in [2.75, 3.05) is 0 Å². The zero-order chi connectivity index (χ0) is 14.8. The third-order valence-corrected chi connectivity index (χ3v) is 4.13.